The van der Waals surface area contributed by atoms with Gasteiger partial charge in [0.15, 0.2) is 5.82 Å². The van der Waals surface area contributed by atoms with Crippen molar-refractivity contribution in [1.82, 2.24) is 10.2 Å². The van der Waals surface area contributed by atoms with Crippen molar-refractivity contribution in [2.75, 3.05) is 36.5 Å². The molecule has 2 N–H and O–H groups in total. The van der Waals surface area contributed by atoms with Crippen molar-refractivity contribution in [3.05, 3.63) is 58.7 Å². The smallest absolute Gasteiger partial charge is 0.151 e. The van der Waals surface area contributed by atoms with Crippen LogP contribution >= 0.6 is 11.6 Å². The third-order valence-corrected chi connectivity index (χ3v) is 5.32. The largest absolute Gasteiger partial charge is 0.378 e. The fraction of sp³-hybridized carbons (Fsp3) is 0.200. The molecule has 0 bridgehead atoms. The zero-order valence-electron chi connectivity index (χ0n) is 15.2. The van der Waals surface area contributed by atoms with E-state index in [2.05, 4.69) is 25.4 Å². The van der Waals surface area contributed by atoms with Crippen LogP contribution in [0.2, 0.25) is 5.02 Å². The summed E-state index contributed by atoms with van der Waals surface area (Å²) in [7, 11) is 0. The van der Waals surface area contributed by atoms with Crippen molar-refractivity contribution in [2.45, 2.75) is 0 Å². The molecule has 9 heteroatoms. The maximum atomic E-state index is 15.2. The minimum Gasteiger partial charge on any atom is -0.378 e. The first kappa shape index (κ1) is 18.1. The molecule has 0 amide bonds. The van der Waals surface area contributed by atoms with Gasteiger partial charge < -0.3 is 15.0 Å². The van der Waals surface area contributed by atoms with Gasteiger partial charge in [-0.25, -0.2) is 13.8 Å². The van der Waals surface area contributed by atoms with E-state index < -0.39 is 11.6 Å². The van der Waals surface area contributed by atoms with Crippen LogP contribution in [0.5, 0.6) is 0 Å². The molecule has 29 heavy (non-hydrogen) atoms. The summed E-state index contributed by atoms with van der Waals surface area (Å²) in [6.45, 7) is 2.52. The van der Waals surface area contributed by atoms with Crippen LogP contribution < -0.4 is 10.2 Å². The number of hydrogen-bond acceptors (Lipinski definition) is 5. The summed E-state index contributed by atoms with van der Waals surface area (Å²) in [5, 5.41) is 10.2. The number of halogens is 3. The first-order valence-electron chi connectivity index (χ1n) is 9.12. The van der Waals surface area contributed by atoms with Crippen LogP contribution in [-0.4, -0.2) is 42.3 Å². The predicted molar refractivity (Wildman–Crippen MR) is 108 cm³/mol. The number of amidine groups is 1. The van der Waals surface area contributed by atoms with E-state index in [-0.39, 0.29) is 22.1 Å². The Kier molecular flexibility index (Phi) is 4.44. The zero-order chi connectivity index (χ0) is 20.0. The van der Waals surface area contributed by atoms with Crippen molar-refractivity contribution in [3.63, 3.8) is 0 Å². The van der Waals surface area contributed by atoms with E-state index in [0.717, 1.165) is 5.69 Å². The number of nitrogens with one attached hydrogen (secondary N) is 2. The number of rotatable bonds is 2. The van der Waals surface area contributed by atoms with Crippen molar-refractivity contribution in [1.29, 1.82) is 0 Å². The number of morpholine rings is 1. The molecule has 5 rings (SSSR count). The molecular formula is C20H16ClF2N5O. The van der Waals surface area contributed by atoms with Crippen molar-refractivity contribution >= 4 is 34.5 Å². The van der Waals surface area contributed by atoms with Gasteiger partial charge in [-0.1, -0.05) is 17.7 Å². The number of aromatic nitrogens is 2. The van der Waals surface area contributed by atoms with Crippen molar-refractivity contribution in [2.24, 2.45) is 4.99 Å². The highest BCUT2D eigenvalue weighted by molar-refractivity contribution is 6.35. The highest BCUT2D eigenvalue weighted by Crippen LogP contribution is 2.41. The standard InChI is InChI=1S/C20H16ClF2N5O/c21-13-2-1-3-14(22)17(13)20-25-16-10-24-27-19(16)12-8-11(9-15(23)18(12)26-20)28-4-6-29-7-5-28/h1-3,8-10H,4-7H2,(H,24,27)(H,25,26). The van der Waals surface area contributed by atoms with Gasteiger partial charge in [0.25, 0.3) is 0 Å². The molecule has 3 aromatic rings. The second kappa shape index (κ2) is 7.13. The highest BCUT2D eigenvalue weighted by Gasteiger charge is 2.26. The number of aromatic amines is 1. The zero-order valence-corrected chi connectivity index (χ0v) is 15.9. The van der Waals surface area contributed by atoms with Gasteiger partial charge in [0.1, 0.15) is 17.3 Å². The van der Waals surface area contributed by atoms with Gasteiger partial charge in [0.05, 0.1) is 41.4 Å². The minimum atomic E-state index is -0.553. The third-order valence-electron chi connectivity index (χ3n) is 5.01. The first-order chi connectivity index (χ1) is 14.1. The highest BCUT2D eigenvalue weighted by atomic mass is 35.5. The quantitative estimate of drug-likeness (QED) is 0.653. The molecule has 2 aromatic carbocycles. The summed E-state index contributed by atoms with van der Waals surface area (Å²) in [5.74, 6) is -0.951. The predicted octanol–water partition coefficient (Wildman–Crippen LogP) is 4.35. The summed E-state index contributed by atoms with van der Waals surface area (Å²) in [4.78, 5) is 6.47. The van der Waals surface area contributed by atoms with Gasteiger partial charge in [-0.05, 0) is 24.3 Å². The number of benzene rings is 2. The Morgan fingerprint density at radius 2 is 1.93 bits per heavy atom. The molecule has 1 fully saturated rings. The van der Waals surface area contributed by atoms with Gasteiger partial charge in [0, 0.05) is 24.3 Å². The maximum Gasteiger partial charge on any atom is 0.151 e. The number of hydrogen-bond donors (Lipinski definition) is 2. The summed E-state index contributed by atoms with van der Waals surface area (Å²) in [6.07, 6.45) is 1.55. The van der Waals surface area contributed by atoms with E-state index in [9.17, 15) is 4.39 Å². The summed E-state index contributed by atoms with van der Waals surface area (Å²) < 4.78 is 35.1. The molecular weight excluding hydrogens is 400 g/mol. The molecule has 6 nitrogen and oxygen atoms in total. The number of nitrogens with zero attached hydrogens (tertiary/aromatic N) is 3. The Morgan fingerprint density at radius 3 is 2.72 bits per heavy atom. The summed E-state index contributed by atoms with van der Waals surface area (Å²) in [6, 6.07) is 7.65. The van der Waals surface area contributed by atoms with Gasteiger partial charge >= 0.3 is 0 Å². The molecule has 1 aromatic heterocycles. The van der Waals surface area contributed by atoms with E-state index >= 15 is 4.39 Å². The Labute approximate surface area is 170 Å². The molecule has 3 heterocycles. The van der Waals surface area contributed by atoms with E-state index in [0.29, 0.717) is 43.2 Å². The number of aliphatic imine (C=N–C) groups is 1. The summed E-state index contributed by atoms with van der Waals surface area (Å²) >= 11 is 6.21. The van der Waals surface area contributed by atoms with Crippen LogP contribution in [0.25, 0.3) is 11.3 Å². The molecule has 0 aliphatic carbocycles. The lowest BCUT2D eigenvalue weighted by Gasteiger charge is -2.29. The van der Waals surface area contributed by atoms with Gasteiger partial charge in [-0.15, -0.1) is 0 Å². The molecule has 148 valence electrons. The number of fused-ring (bicyclic) bond motifs is 3. The fourth-order valence-electron chi connectivity index (χ4n) is 3.59. The van der Waals surface area contributed by atoms with Crippen LogP contribution in [0.4, 0.5) is 25.8 Å². The average molecular weight is 416 g/mol. The SMILES string of the molecule is Fc1cc(N2CCOCC2)cc2c1N=C(c1c(F)cccc1Cl)Nc1cn[nH]c1-2. The lowest BCUT2D eigenvalue weighted by atomic mass is 10.1. The van der Waals surface area contributed by atoms with Crippen LogP contribution in [0, 0.1) is 11.6 Å². The fourth-order valence-corrected chi connectivity index (χ4v) is 3.84. The van der Waals surface area contributed by atoms with Crippen molar-refractivity contribution < 1.29 is 13.5 Å². The molecule has 1 saturated heterocycles. The molecule has 2 aliphatic rings. The monoisotopic (exact) mass is 415 g/mol. The van der Waals surface area contributed by atoms with Gasteiger partial charge in [-0.3, -0.25) is 5.10 Å². The minimum absolute atomic E-state index is 0.0748. The van der Waals surface area contributed by atoms with Gasteiger partial charge in [0.2, 0.25) is 0 Å². The Balaban J connectivity index is 1.70. The lowest BCUT2D eigenvalue weighted by molar-refractivity contribution is 0.122. The maximum absolute atomic E-state index is 15.2. The Bertz CT molecular complexity index is 1100. The first-order valence-corrected chi connectivity index (χ1v) is 9.49. The van der Waals surface area contributed by atoms with Crippen LogP contribution in [0.1, 0.15) is 5.56 Å². The third kappa shape index (κ3) is 3.14. The second-order valence-electron chi connectivity index (χ2n) is 6.76. The number of ether oxygens (including phenoxy) is 1. The molecule has 0 radical (unpaired) electrons. The van der Waals surface area contributed by atoms with Crippen LogP contribution in [-0.2, 0) is 4.74 Å². The van der Waals surface area contributed by atoms with E-state index in [1.807, 2.05) is 6.07 Å². The Morgan fingerprint density at radius 1 is 1.10 bits per heavy atom. The van der Waals surface area contributed by atoms with Gasteiger partial charge in [-0.2, -0.15) is 5.10 Å². The molecule has 0 atom stereocenters. The van der Waals surface area contributed by atoms with E-state index in [1.54, 1.807) is 12.3 Å². The van der Waals surface area contributed by atoms with Crippen molar-refractivity contribution in [3.8, 4) is 11.3 Å². The lowest BCUT2D eigenvalue weighted by Crippen LogP contribution is -2.36. The molecule has 0 saturated carbocycles. The summed E-state index contributed by atoms with van der Waals surface area (Å²) in [5.41, 5.74) is 2.56. The number of anilines is 2. The Hall–Kier alpha value is -2.97. The van der Waals surface area contributed by atoms with Crippen LogP contribution in [0.15, 0.2) is 41.5 Å². The topological polar surface area (TPSA) is 65.5 Å². The molecule has 0 unspecified atom stereocenters. The normalized spacial score (nSPS) is 15.8. The second-order valence-corrected chi connectivity index (χ2v) is 7.17. The van der Waals surface area contributed by atoms with E-state index in [4.69, 9.17) is 16.3 Å². The average Bonchev–Trinajstić information content (AvgIpc) is 3.11. The van der Waals surface area contributed by atoms with E-state index in [1.165, 1.54) is 18.2 Å². The van der Waals surface area contributed by atoms with Crippen LogP contribution in [0.3, 0.4) is 0 Å². The number of H-pyrrole nitrogens is 1. The molecule has 0 spiro atoms. The molecule has 2 aliphatic heterocycles.